The Morgan fingerprint density at radius 1 is 0.879 bits per heavy atom. The van der Waals surface area contributed by atoms with Crippen molar-refractivity contribution in [3.05, 3.63) is 89.5 Å². The second-order valence-corrected chi connectivity index (χ2v) is 8.37. The molecule has 0 aliphatic heterocycles. The van der Waals surface area contributed by atoms with Gasteiger partial charge in [-0.25, -0.2) is 9.59 Å². The number of amides is 2. The summed E-state index contributed by atoms with van der Waals surface area (Å²) >= 11 is 0. The lowest BCUT2D eigenvalue weighted by Gasteiger charge is -2.15. The molecule has 2 aliphatic carbocycles. The van der Waals surface area contributed by atoms with Crippen molar-refractivity contribution in [3.8, 4) is 11.1 Å². The summed E-state index contributed by atoms with van der Waals surface area (Å²) in [5.74, 6) is -1.51. The number of ether oxygens (including phenoxy) is 1. The number of carbonyl (C=O) groups excluding carboxylic acids is 2. The first-order valence-corrected chi connectivity index (χ1v) is 10.7. The van der Waals surface area contributed by atoms with Crippen LogP contribution in [0.1, 0.15) is 40.2 Å². The van der Waals surface area contributed by atoms with E-state index in [2.05, 4.69) is 34.9 Å². The van der Waals surface area contributed by atoms with Crippen LogP contribution < -0.4 is 10.6 Å². The number of rotatable bonds is 6. The van der Waals surface area contributed by atoms with Gasteiger partial charge < -0.3 is 15.2 Å². The van der Waals surface area contributed by atoms with Gasteiger partial charge in [0.2, 0.25) is 0 Å². The van der Waals surface area contributed by atoms with Crippen molar-refractivity contribution < 1.29 is 24.2 Å². The maximum atomic E-state index is 12.4. The van der Waals surface area contributed by atoms with Crippen LogP contribution in [-0.4, -0.2) is 35.2 Å². The molecule has 5 rings (SSSR count). The zero-order valence-corrected chi connectivity index (χ0v) is 17.7. The smallest absolute Gasteiger partial charge is 0.411 e. The van der Waals surface area contributed by atoms with Crippen LogP contribution in [0.4, 0.5) is 10.5 Å². The number of aliphatic carboxylic acids is 1. The summed E-state index contributed by atoms with van der Waals surface area (Å²) in [5.41, 5.74) is 4.24. The minimum atomic E-state index is -1.14. The summed E-state index contributed by atoms with van der Waals surface area (Å²) in [6.45, 7) is 0.206. The van der Waals surface area contributed by atoms with E-state index in [0.29, 0.717) is 24.1 Å². The Hall–Kier alpha value is -4.13. The molecule has 1 fully saturated rings. The first kappa shape index (κ1) is 20.8. The van der Waals surface area contributed by atoms with Crippen LogP contribution in [-0.2, 0) is 9.53 Å². The number of nitrogens with one attached hydrogen (secondary N) is 2. The number of hydrogen-bond acceptors (Lipinski definition) is 4. The van der Waals surface area contributed by atoms with E-state index in [1.165, 1.54) is 12.1 Å². The molecule has 0 aromatic heterocycles. The molecule has 3 aromatic carbocycles. The van der Waals surface area contributed by atoms with E-state index >= 15 is 0 Å². The molecule has 1 saturated carbocycles. The average molecular weight is 442 g/mol. The zero-order chi connectivity index (χ0) is 23.0. The van der Waals surface area contributed by atoms with Crippen LogP contribution in [0.5, 0.6) is 0 Å². The molecule has 2 aliphatic rings. The summed E-state index contributed by atoms with van der Waals surface area (Å²) < 4.78 is 5.53. The molecule has 3 aromatic rings. The monoisotopic (exact) mass is 442 g/mol. The lowest BCUT2D eigenvalue weighted by Crippen LogP contribution is -2.43. The first-order valence-electron chi connectivity index (χ1n) is 10.7. The van der Waals surface area contributed by atoms with Crippen LogP contribution in [0, 0.1) is 0 Å². The third kappa shape index (κ3) is 3.93. The van der Waals surface area contributed by atoms with Gasteiger partial charge in [0, 0.05) is 17.2 Å². The molecule has 0 atom stereocenters. The molecule has 0 saturated heterocycles. The van der Waals surface area contributed by atoms with Gasteiger partial charge in [0.15, 0.2) is 0 Å². The highest BCUT2D eigenvalue weighted by atomic mass is 16.5. The Morgan fingerprint density at radius 3 is 2.00 bits per heavy atom. The van der Waals surface area contributed by atoms with E-state index in [4.69, 9.17) is 4.74 Å². The van der Waals surface area contributed by atoms with Crippen molar-refractivity contribution in [3.63, 3.8) is 0 Å². The Kier molecular flexibility index (Phi) is 5.09. The maximum Gasteiger partial charge on any atom is 0.411 e. The molecule has 0 bridgehead atoms. The lowest BCUT2D eigenvalue weighted by atomic mass is 9.98. The lowest BCUT2D eigenvalue weighted by molar-refractivity contribution is -0.140. The van der Waals surface area contributed by atoms with E-state index < -0.39 is 23.5 Å². The van der Waals surface area contributed by atoms with Gasteiger partial charge in [-0.15, -0.1) is 0 Å². The van der Waals surface area contributed by atoms with E-state index in [9.17, 15) is 19.5 Å². The van der Waals surface area contributed by atoms with Gasteiger partial charge in [-0.3, -0.25) is 10.1 Å². The Bertz CT molecular complexity index is 1200. The first-order chi connectivity index (χ1) is 16.0. The molecule has 0 spiro atoms. The van der Waals surface area contributed by atoms with Gasteiger partial charge in [0.1, 0.15) is 12.1 Å². The predicted molar refractivity (Wildman–Crippen MR) is 122 cm³/mol. The van der Waals surface area contributed by atoms with E-state index in [-0.39, 0.29) is 12.5 Å². The number of carboxylic acid groups (broad SMARTS) is 1. The van der Waals surface area contributed by atoms with Gasteiger partial charge in [-0.2, -0.15) is 0 Å². The summed E-state index contributed by atoms with van der Waals surface area (Å²) in [6, 6.07) is 22.5. The topological polar surface area (TPSA) is 105 Å². The van der Waals surface area contributed by atoms with Gasteiger partial charge >= 0.3 is 12.1 Å². The molecular weight excluding hydrogens is 420 g/mol. The van der Waals surface area contributed by atoms with Crippen molar-refractivity contribution in [2.75, 3.05) is 11.9 Å². The third-order valence-corrected chi connectivity index (χ3v) is 6.25. The summed E-state index contributed by atoms with van der Waals surface area (Å²) in [6.07, 6.45) is 0.266. The molecule has 166 valence electrons. The molecule has 0 unspecified atom stereocenters. The number of benzene rings is 3. The molecule has 0 radical (unpaired) electrons. The van der Waals surface area contributed by atoms with Crippen LogP contribution in [0.25, 0.3) is 11.1 Å². The van der Waals surface area contributed by atoms with Gasteiger partial charge in [0.25, 0.3) is 5.91 Å². The van der Waals surface area contributed by atoms with Crippen molar-refractivity contribution in [1.29, 1.82) is 0 Å². The number of fused-ring (bicyclic) bond motifs is 3. The van der Waals surface area contributed by atoms with Crippen molar-refractivity contribution in [2.24, 2.45) is 0 Å². The summed E-state index contributed by atoms with van der Waals surface area (Å²) in [4.78, 5) is 36.0. The minimum absolute atomic E-state index is 0.0294. The van der Waals surface area contributed by atoms with Crippen LogP contribution in [0.3, 0.4) is 0 Å². The van der Waals surface area contributed by atoms with Crippen molar-refractivity contribution >= 4 is 23.7 Å². The Labute approximate surface area is 190 Å². The zero-order valence-electron chi connectivity index (χ0n) is 17.7. The second-order valence-electron chi connectivity index (χ2n) is 8.37. The minimum Gasteiger partial charge on any atom is -0.480 e. The van der Waals surface area contributed by atoms with Crippen molar-refractivity contribution in [2.45, 2.75) is 24.3 Å². The largest absolute Gasteiger partial charge is 0.480 e. The van der Waals surface area contributed by atoms with E-state index in [1.54, 1.807) is 12.1 Å². The quantitative estimate of drug-likeness (QED) is 0.525. The third-order valence-electron chi connectivity index (χ3n) is 6.25. The fourth-order valence-electron chi connectivity index (χ4n) is 4.26. The highest BCUT2D eigenvalue weighted by Crippen LogP contribution is 2.44. The molecule has 33 heavy (non-hydrogen) atoms. The van der Waals surface area contributed by atoms with Gasteiger partial charge in [-0.1, -0.05) is 48.5 Å². The standard InChI is InChI=1S/C26H22N2O5/c29-23(28-26(13-14-26)24(30)31)16-9-11-17(12-10-16)27-25(32)33-15-22-20-7-3-1-5-18(20)19-6-2-4-8-21(19)22/h1-12,22H,13-15H2,(H,27,32)(H,28,29)(H,30,31). The number of carboxylic acids is 1. The number of anilines is 1. The highest BCUT2D eigenvalue weighted by molar-refractivity contribution is 5.99. The highest BCUT2D eigenvalue weighted by Gasteiger charge is 2.51. The maximum absolute atomic E-state index is 12.4. The van der Waals surface area contributed by atoms with Crippen molar-refractivity contribution in [1.82, 2.24) is 5.32 Å². The molecule has 3 N–H and O–H groups in total. The SMILES string of the molecule is O=C(Nc1ccc(C(=O)NC2(C(=O)O)CC2)cc1)OCC1c2ccccc2-c2ccccc21. The van der Waals surface area contributed by atoms with Crippen LogP contribution in [0.2, 0.25) is 0 Å². The summed E-state index contributed by atoms with van der Waals surface area (Å²) in [5, 5.41) is 14.4. The number of carbonyl (C=O) groups is 3. The molecular formula is C26H22N2O5. The van der Waals surface area contributed by atoms with E-state index in [0.717, 1.165) is 22.3 Å². The Balaban J connectivity index is 1.20. The van der Waals surface area contributed by atoms with Crippen LogP contribution in [0.15, 0.2) is 72.8 Å². The molecule has 0 heterocycles. The van der Waals surface area contributed by atoms with Crippen LogP contribution >= 0.6 is 0 Å². The normalized spacial score (nSPS) is 15.2. The van der Waals surface area contributed by atoms with Gasteiger partial charge in [0.05, 0.1) is 0 Å². The van der Waals surface area contributed by atoms with Gasteiger partial charge in [-0.05, 0) is 59.4 Å². The molecule has 2 amide bonds. The molecule has 7 nitrogen and oxygen atoms in total. The van der Waals surface area contributed by atoms with E-state index in [1.807, 2.05) is 24.3 Å². The second kappa shape index (κ2) is 8.09. The predicted octanol–water partition coefficient (Wildman–Crippen LogP) is 4.39. The number of hydrogen-bond donors (Lipinski definition) is 3. The summed E-state index contributed by atoms with van der Waals surface area (Å²) in [7, 11) is 0. The molecule has 7 heteroatoms. The average Bonchev–Trinajstić information content (AvgIpc) is 3.54. The fourth-order valence-corrected chi connectivity index (χ4v) is 4.26. The Morgan fingerprint density at radius 2 is 1.45 bits per heavy atom. The fraction of sp³-hybridized carbons (Fsp3) is 0.192.